The van der Waals surface area contributed by atoms with Gasteiger partial charge in [0.15, 0.2) is 0 Å². The summed E-state index contributed by atoms with van der Waals surface area (Å²) in [7, 11) is 3.47. The Morgan fingerprint density at radius 2 is 2.25 bits per heavy atom. The number of hydrogen-bond donors (Lipinski definition) is 0. The summed E-state index contributed by atoms with van der Waals surface area (Å²) in [6.07, 6.45) is 1.90. The molecule has 1 fully saturated rings. The van der Waals surface area contributed by atoms with Crippen LogP contribution in [0.5, 0.6) is 0 Å². The average Bonchev–Trinajstić information content (AvgIpc) is 3.05. The third-order valence-electron chi connectivity index (χ3n) is 4.06. The molecule has 20 heavy (non-hydrogen) atoms. The monoisotopic (exact) mass is 273 g/mol. The van der Waals surface area contributed by atoms with Crippen LogP contribution in [0.1, 0.15) is 18.7 Å². The maximum atomic E-state index is 11.8. The van der Waals surface area contributed by atoms with Crippen LogP contribution in [0.15, 0.2) is 24.3 Å². The number of rotatable bonds is 3. The molecule has 0 saturated carbocycles. The number of imidazole rings is 1. The first-order valence-corrected chi connectivity index (χ1v) is 6.93. The first-order chi connectivity index (χ1) is 9.70. The summed E-state index contributed by atoms with van der Waals surface area (Å²) in [4.78, 5) is 18.6. The first kappa shape index (κ1) is 13.1. The van der Waals surface area contributed by atoms with Crippen molar-refractivity contribution in [2.45, 2.75) is 25.4 Å². The predicted molar refractivity (Wildman–Crippen MR) is 76.2 cm³/mol. The zero-order chi connectivity index (χ0) is 14.1. The van der Waals surface area contributed by atoms with Crippen LogP contribution in [0, 0.1) is 0 Å². The van der Waals surface area contributed by atoms with Crippen LogP contribution in [0.2, 0.25) is 0 Å². The molecule has 3 rings (SSSR count). The fourth-order valence-electron chi connectivity index (χ4n) is 2.94. The molecule has 1 aliphatic heterocycles. The van der Waals surface area contributed by atoms with E-state index < -0.39 is 0 Å². The van der Waals surface area contributed by atoms with Crippen LogP contribution < -0.4 is 0 Å². The fraction of sp³-hybridized carbons (Fsp3) is 0.467. The van der Waals surface area contributed by atoms with E-state index in [-0.39, 0.29) is 12.0 Å². The Morgan fingerprint density at radius 3 is 3.00 bits per heavy atom. The number of likely N-dealkylation sites (tertiary alicyclic amines) is 1. The van der Waals surface area contributed by atoms with E-state index in [0.29, 0.717) is 6.54 Å². The minimum Gasteiger partial charge on any atom is -0.468 e. The Bertz CT molecular complexity index is 635. The number of fused-ring (bicyclic) bond motifs is 1. The molecular weight excluding hydrogens is 254 g/mol. The van der Waals surface area contributed by atoms with Gasteiger partial charge in [-0.15, -0.1) is 0 Å². The van der Waals surface area contributed by atoms with E-state index in [1.807, 2.05) is 25.2 Å². The van der Waals surface area contributed by atoms with Crippen LogP contribution >= 0.6 is 0 Å². The Labute approximate surface area is 118 Å². The van der Waals surface area contributed by atoms with Gasteiger partial charge < -0.3 is 9.30 Å². The second-order valence-corrected chi connectivity index (χ2v) is 5.23. The smallest absolute Gasteiger partial charge is 0.323 e. The number of esters is 1. The van der Waals surface area contributed by atoms with Gasteiger partial charge in [0.25, 0.3) is 0 Å². The van der Waals surface area contributed by atoms with Gasteiger partial charge in [-0.05, 0) is 31.5 Å². The Morgan fingerprint density at radius 1 is 1.45 bits per heavy atom. The molecule has 5 heteroatoms. The van der Waals surface area contributed by atoms with E-state index in [4.69, 9.17) is 4.74 Å². The number of carbonyl (C=O) groups is 1. The lowest BCUT2D eigenvalue weighted by atomic mass is 10.2. The molecule has 1 aromatic carbocycles. The van der Waals surface area contributed by atoms with Gasteiger partial charge in [0.2, 0.25) is 0 Å². The summed E-state index contributed by atoms with van der Waals surface area (Å²) in [6, 6.07) is 7.96. The molecule has 1 saturated heterocycles. The van der Waals surface area contributed by atoms with E-state index in [2.05, 4.69) is 20.5 Å². The summed E-state index contributed by atoms with van der Waals surface area (Å²) in [5.41, 5.74) is 2.12. The summed E-state index contributed by atoms with van der Waals surface area (Å²) in [5, 5.41) is 0. The minimum atomic E-state index is -0.138. The predicted octanol–water partition coefficient (Wildman–Crippen LogP) is 1.71. The molecule has 0 N–H and O–H groups in total. The van der Waals surface area contributed by atoms with Crippen molar-refractivity contribution >= 4 is 17.0 Å². The highest BCUT2D eigenvalue weighted by Crippen LogP contribution is 2.22. The van der Waals surface area contributed by atoms with Gasteiger partial charge in [-0.25, -0.2) is 4.98 Å². The molecule has 0 radical (unpaired) electrons. The largest absolute Gasteiger partial charge is 0.468 e. The van der Waals surface area contributed by atoms with Gasteiger partial charge in [0, 0.05) is 7.05 Å². The number of carbonyl (C=O) groups excluding carboxylic acids is 1. The summed E-state index contributed by atoms with van der Waals surface area (Å²) in [5.74, 6) is 0.850. The molecule has 106 valence electrons. The standard InChI is InChI=1S/C15H19N3O2/c1-17-12-7-4-3-6-11(12)16-14(17)10-18-9-5-8-13(18)15(19)20-2/h3-4,6-7,13H,5,8-10H2,1-2H3/t13-/m1/s1. The van der Waals surface area contributed by atoms with Gasteiger partial charge in [0.05, 0.1) is 24.7 Å². The van der Waals surface area contributed by atoms with Gasteiger partial charge in [-0.3, -0.25) is 9.69 Å². The zero-order valence-corrected chi connectivity index (χ0v) is 11.9. The van der Waals surface area contributed by atoms with Crippen molar-refractivity contribution in [1.82, 2.24) is 14.5 Å². The van der Waals surface area contributed by atoms with E-state index in [0.717, 1.165) is 36.2 Å². The molecule has 0 amide bonds. The highest BCUT2D eigenvalue weighted by atomic mass is 16.5. The van der Waals surface area contributed by atoms with E-state index in [9.17, 15) is 4.79 Å². The van der Waals surface area contributed by atoms with Crippen molar-refractivity contribution in [3.63, 3.8) is 0 Å². The Kier molecular flexibility index (Phi) is 3.44. The molecular formula is C15H19N3O2. The number of methoxy groups -OCH3 is 1. The molecule has 0 aliphatic carbocycles. The highest BCUT2D eigenvalue weighted by Gasteiger charge is 2.32. The van der Waals surface area contributed by atoms with Gasteiger partial charge in [-0.2, -0.15) is 0 Å². The summed E-state index contributed by atoms with van der Waals surface area (Å²) in [6.45, 7) is 1.61. The number of nitrogens with zero attached hydrogens (tertiary/aromatic N) is 3. The molecule has 1 aromatic heterocycles. The van der Waals surface area contributed by atoms with Gasteiger partial charge in [-0.1, -0.05) is 12.1 Å². The first-order valence-electron chi connectivity index (χ1n) is 6.93. The van der Waals surface area contributed by atoms with Crippen LogP contribution in [-0.4, -0.2) is 40.1 Å². The fourth-order valence-corrected chi connectivity index (χ4v) is 2.94. The molecule has 5 nitrogen and oxygen atoms in total. The summed E-state index contributed by atoms with van der Waals surface area (Å²) < 4.78 is 6.98. The maximum absolute atomic E-state index is 11.8. The minimum absolute atomic E-state index is 0.125. The molecule has 1 aliphatic rings. The van der Waals surface area contributed by atoms with Crippen LogP contribution in [0.3, 0.4) is 0 Å². The number of benzene rings is 1. The lowest BCUT2D eigenvalue weighted by Gasteiger charge is -2.21. The Balaban J connectivity index is 1.85. The molecule has 2 aromatic rings. The second-order valence-electron chi connectivity index (χ2n) is 5.23. The second kappa shape index (κ2) is 5.25. The molecule has 2 heterocycles. The zero-order valence-electron chi connectivity index (χ0n) is 11.9. The lowest BCUT2D eigenvalue weighted by Crippen LogP contribution is -2.36. The maximum Gasteiger partial charge on any atom is 0.323 e. The van der Waals surface area contributed by atoms with Crippen LogP contribution in [-0.2, 0) is 23.1 Å². The number of hydrogen-bond acceptors (Lipinski definition) is 4. The highest BCUT2D eigenvalue weighted by molar-refractivity contribution is 5.76. The third-order valence-corrected chi connectivity index (χ3v) is 4.06. The van der Waals surface area contributed by atoms with Gasteiger partial charge in [0.1, 0.15) is 11.9 Å². The molecule has 0 unspecified atom stereocenters. The Hall–Kier alpha value is -1.88. The van der Waals surface area contributed by atoms with Crippen molar-refractivity contribution < 1.29 is 9.53 Å². The van der Waals surface area contributed by atoms with Crippen LogP contribution in [0.25, 0.3) is 11.0 Å². The van der Waals surface area contributed by atoms with Crippen molar-refractivity contribution in [2.24, 2.45) is 7.05 Å². The summed E-state index contributed by atoms with van der Waals surface area (Å²) >= 11 is 0. The van der Waals surface area contributed by atoms with Crippen molar-refractivity contribution in [3.05, 3.63) is 30.1 Å². The number of aryl methyl sites for hydroxylation is 1. The van der Waals surface area contributed by atoms with Gasteiger partial charge >= 0.3 is 5.97 Å². The third kappa shape index (κ3) is 2.18. The number of ether oxygens (including phenoxy) is 1. The van der Waals surface area contributed by atoms with Crippen LogP contribution in [0.4, 0.5) is 0 Å². The van der Waals surface area contributed by atoms with E-state index in [1.54, 1.807) is 0 Å². The normalized spacial score (nSPS) is 19.6. The van der Waals surface area contributed by atoms with Crippen molar-refractivity contribution in [2.75, 3.05) is 13.7 Å². The average molecular weight is 273 g/mol. The number of para-hydroxylation sites is 2. The number of aromatic nitrogens is 2. The van der Waals surface area contributed by atoms with E-state index in [1.165, 1.54) is 7.11 Å². The molecule has 1 atom stereocenters. The lowest BCUT2D eigenvalue weighted by molar-refractivity contribution is -0.146. The van der Waals surface area contributed by atoms with Crippen molar-refractivity contribution in [3.8, 4) is 0 Å². The SMILES string of the molecule is COC(=O)[C@H]1CCCN1Cc1nc2ccccc2n1C. The molecule has 0 bridgehead atoms. The van der Waals surface area contributed by atoms with E-state index >= 15 is 0 Å². The molecule has 0 spiro atoms. The quantitative estimate of drug-likeness (QED) is 0.799. The van der Waals surface area contributed by atoms with Crippen molar-refractivity contribution in [1.29, 1.82) is 0 Å². The topological polar surface area (TPSA) is 47.4 Å².